The van der Waals surface area contributed by atoms with Gasteiger partial charge in [0.25, 0.3) is 5.91 Å². The molecule has 118 valence electrons. The summed E-state index contributed by atoms with van der Waals surface area (Å²) in [7, 11) is 2.01. The number of carbonyl (C=O) groups is 1. The lowest BCUT2D eigenvalue weighted by molar-refractivity contribution is 0.102. The van der Waals surface area contributed by atoms with Crippen molar-refractivity contribution >= 4 is 22.6 Å². The standard InChI is InChI=1S/C19H21N3O/c1-4-13-8-6-7-9-15(13)21-19(23)14-10-11-17-16(12-14)20-18(5-2)22(17)3/h6-12H,4-5H2,1-3H3,(H,21,23). The van der Waals surface area contributed by atoms with E-state index in [0.29, 0.717) is 5.56 Å². The summed E-state index contributed by atoms with van der Waals surface area (Å²) in [4.78, 5) is 17.1. The van der Waals surface area contributed by atoms with Crippen molar-refractivity contribution in [2.75, 3.05) is 5.32 Å². The van der Waals surface area contributed by atoms with Crippen LogP contribution in [0.3, 0.4) is 0 Å². The highest BCUT2D eigenvalue weighted by Gasteiger charge is 2.12. The number of nitrogens with one attached hydrogen (secondary N) is 1. The second-order valence-corrected chi connectivity index (χ2v) is 5.61. The van der Waals surface area contributed by atoms with Crippen molar-refractivity contribution in [1.29, 1.82) is 0 Å². The Hall–Kier alpha value is -2.62. The van der Waals surface area contributed by atoms with Crippen LogP contribution in [0, 0.1) is 0 Å². The number of nitrogens with zero attached hydrogens (tertiary/aromatic N) is 2. The minimum absolute atomic E-state index is 0.100. The Morgan fingerprint density at radius 2 is 1.91 bits per heavy atom. The number of benzene rings is 2. The molecule has 0 fully saturated rings. The molecule has 0 unspecified atom stereocenters. The minimum atomic E-state index is -0.100. The molecule has 4 nitrogen and oxygen atoms in total. The molecule has 1 N–H and O–H groups in total. The van der Waals surface area contributed by atoms with Gasteiger partial charge in [-0.3, -0.25) is 4.79 Å². The molecule has 1 heterocycles. The Labute approximate surface area is 136 Å². The van der Waals surface area contributed by atoms with E-state index >= 15 is 0 Å². The van der Waals surface area contributed by atoms with E-state index in [1.165, 1.54) is 0 Å². The molecule has 2 aromatic carbocycles. The third-order valence-electron chi connectivity index (χ3n) is 4.20. The van der Waals surface area contributed by atoms with Crippen LogP contribution in [-0.2, 0) is 19.9 Å². The maximum absolute atomic E-state index is 12.5. The zero-order valence-corrected chi connectivity index (χ0v) is 13.8. The number of imidazole rings is 1. The van der Waals surface area contributed by atoms with Crippen LogP contribution in [0.25, 0.3) is 11.0 Å². The van der Waals surface area contributed by atoms with Gasteiger partial charge in [-0.25, -0.2) is 4.98 Å². The first kappa shape index (κ1) is 15.3. The Kier molecular flexibility index (Phi) is 4.15. The van der Waals surface area contributed by atoms with E-state index in [0.717, 1.165) is 41.0 Å². The van der Waals surface area contributed by atoms with E-state index < -0.39 is 0 Å². The summed E-state index contributed by atoms with van der Waals surface area (Å²) in [6, 6.07) is 13.6. The van der Waals surface area contributed by atoms with Crippen LogP contribution in [-0.4, -0.2) is 15.5 Å². The number of fused-ring (bicyclic) bond motifs is 1. The average molecular weight is 307 g/mol. The second-order valence-electron chi connectivity index (χ2n) is 5.61. The van der Waals surface area contributed by atoms with Gasteiger partial charge in [-0.05, 0) is 36.2 Å². The minimum Gasteiger partial charge on any atom is -0.331 e. The Morgan fingerprint density at radius 1 is 1.13 bits per heavy atom. The monoisotopic (exact) mass is 307 g/mol. The van der Waals surface area contributed by atoms with Crippen LogP contribution in [0.5, 0.6) is 0 Å². The first-order chi connectivity index (χ1) is 11.1. The molecule has 0 saturated heterocycles. The highest BCUT2D eigenvalue weighted by Crippen LogP contribution is 2.20. The van der Waals surface area contributed by atoms with Crippen LogP contribution in [0.15, 0.2) is 42.5 Å². The molecule has 1 amide bonds. The lowest BCUT2D eigenvalue weighted by Crippen LogP contribution is -2.13. The summed E-state index contributed by atoms with van der Waals surface area (Å²) < 4.78 is 2.07. The van der Waals surface area contributed by atoms with Gasteiger partial charge in [-0.1, -0.05) is 32.0 Å². The summed E-state index contributed by atoms with van der Waals surface area (Å²) in [6.07, 6.45) is 1.76. The van der Waals surface area contributed by atoms with E-state index in [1.807, 2.05) is 49.5 Å². The molecule has 0 spiro atoms. The fourth-order valence-corrected chi connectivity index (χ4v) is 2.85. The first-order valence-electron chi connectivity index (χ1n) is 7.98. The largest absolute Gasteiger partial charge is 0.331 e. The average Bonchev–Trinajstić information content (AvgIpc) is 2.91. The fraction of sp³-hybridized carbons (Fsp3) is 0.263. The predicted molar refractivity (Wildman–Crippen MR) is 93.9 cm³/mol. The molecule has 23 heavy (non-hydrogen) atoms. The van der Waals surface area contributed by atoms with Gasteiger partial charge in [0.1, 0.15) is 5.82 Å². The van der Waals surface area contributed by atoms with Crippen molar-refractivity contribution in [1.82, 2.24) is 9.55 Å². The topological polar surface area (TPSA) is 46.9 Å². The van der Waals surface area contributed by atoms with Gasteiger partial charge in [-0.15, -0.1) is 0 Å². The molecule has 0 bridgehead atoms. The van der Waals surface area contributed by atoms with Gasteiger partial charge in [0.2, 0.25) is 0 Å². The number of rotatable bonds is 4. The van der Waals surface area contributed by atoms with E-state index in [2.05, 4.69) is 28.7 Å². The number of amides is 1. The third kappa shape index (κ3) is 2.84. The van der Waals surface area contributed by atoms with Crippen molar-refractivity contribution in [2.24, 2.45) is 7.05 Å². The number of aromatic nitrogens is 2. The normalized spacial score (nSPS) is 10.9. The summed E-state index contributed by atoms with van der Waals surface area (Å²) in [5.74, 6) is 0.922. The molecule has 4 heteroatoms. The third-order valence-corrected chi connectivity index (χ3v) is 4.20. The highest BCUT2D eigenvalue weighted by atomic mass is 16.1. The lowest BCUT2D eigenvalue weighted by atomic mass is 10.1. The van der Waals surface area contributed by atoms with Crippen molar-refractivity contribution in [3.8, 4) is 0 Å². The quantitative estimate of drug-likeness (QED) is 0.793. The molecular weight excluding hydrogens is 286 g/mol. The van der Waals surface area contributed by atoms with E-state index in [4.69, 9.17) is 0 Å². The molecule has 0 radical (unpaired) electrons. The molecule has 0 atom stereocenters. The van der Waals surface area contributed by atoms with Crippen molar-refractivity contribution in [2.45, 2.75) is 26.7 Å². The van der Waals surface area contributed by atoms with E-state index in [1.54, 1.807) is 0 Å². The number of hydrogen-bond acceptors (Lipinski definition) is 2. The predicted octanol–water partition coefficient (Wildman–Crippen LogP) is 3.95. The van der Waals surface area contributed by atoms with Gasteiger partial charge >= 0.3 is 0 Å². The van der Waals surface area contributed by atoms with Gasteiger partial charge in [-0.2, -0.15) is 0 Å². The van der Waals surface area contributed by atoms with E-state index in [9.17, 15) is 4.79 Å². The van der Waals surface area contributed by atoms with Crippen molar-refractivity contribution in [3.63, 3.8) is 0 Å². The van der Waals surface area contributed by atoms with Crippen molar-refractivity contribution < 1.29 is 4.79 Å². The summed E-state index contributed by atoms with van der Waals surface area (Å²) in [5.41, 5.74) is 4.54. The molecule has 0 saturated carbocycles. The van der Waals surface area contributed by atoms with E-state index in [-0.39, 0.29) is 5.91 Å². The Balaban J connectivity index is 1.92. The number of para-hydroxylation sites is 1. The van der Waals surface area contributed by atoms with Gasteiger partial charge < -0.3 is 9.88 Å². The number of hydrogen-bond donors (Lipinski definition) is 1. The van der Waals surface area contributed by atoms with Crippen LogP contribution in [0.2, 0.25) is 0 Å². The van der Waals surface area contributed by atoms with Crippen LogP contribution < -0.4 is 5.32 Å². The highest BCUT2D eigenvalue weighted by molar-refractivity contribution is 6.06. The number of carbonyl (C=O) groups excluding carboxylic acids is 1. The summed E-state index contributed by atoms with van der Waals surface area (Å²) in [5, 5.41) is 3.00. The molecule has 0 aliphatic carbocycles. The van der Waals surface area contributed by atoms with Gasteiger partial charge in [0.05, 0.1) is 11.0 Å². The van der Waals surface area contributed by atoms with Crippen LogP contribution >= 0.6 is 0 Å². The number of aryl methyl sites for hydroxylation is 3. The van der Waals surface area contributed by atoms with Crippen LogP contribution in [0.4, 0.5) is 5.69 Å². The molecule has 0 aliphatic rings. The maximum atomic E-state index is 12.5. The number of anilines is 1. The lowest BCUT2D eigenvalue weighted by Gasteiger charge is -2.09. The zero-order valence-electron chi connectivity index (χ0n) is 13.8. The summed E-state index contributed by atoms with van der Waals surface area (Å²) in [6.45, 7) is 4.16. The molecular formula is C19H21N3O. The fourth-order valence-electron chi connectivity index (χ4n) is 2.85. The smallest absolute Gasteiger partial charge is 0.255 e. The Bertz CT molecular complexity index is 864. The molecule has 1 aromatic heterocycles. The molecule has 3 aromatic rings. The SMILES string of the molecule is CCc1ccccc1NC(=O)c1ccc2c(c1)nc(CC)n2C. The summed E-state index contributed by atoms with van der Waals surface area (Å²) >= 11 is 0. The van der Waals surface area contributed by atoms with Gasteiger partial charge in [0, 0.05) is 24.7 Å². The maximum Gasteiger partial charge on any atom is 0.255 e. The molecule has 0 aliphatic heterocycles. The second kappa shape index (κ2) is 6.24. The zero-order chi connectivity index (χ0) is 16.4. The molecule has 3 rings (SSSR count). The Morgan fingerprint density at radius 3 is 2.65 bits per heavy atom. The van der Waals surface area contributed by atoms with Crippen LogP contribution in [0.1, 0.15) is 35.6 Å². The van der Waals surface area contributed by atoms with Crippen molar-refractivity contribution in [3.05, 3.63) is 59.4 Å². The van der Waals surface area contributed by atoms with Gasteiger partial charge in [0.15, 0.2) is 0 Å². The first-order valence-corrected chi connectivity index (χ1v) is 7.98.